The highest BCUT2D eigenvalue weighted by Crippen LogP contribution is 2.33. The van der Waals surface area contributed by atoms with E-state index in [1.807, 2.05) is 0 Å². The number of fused-ring (bicyclic) bond motifs is 1. The van der Waals surface area contributed by atoms with Gasteiger partial charge in [0.15, 0.2) is 0 Å². The highest BCUT2D eigenvalue weighted by atomic mass is 35.5. The molecule has 0 aliphatic carbocycles. The van der Waals surface area contributed by atoms with E-state index in [4.69, 9.17) is 16.0 Å². The van der Waals surface area contributed by atoms with Crippen LogP contribution in [0.3, 0.4) is 0 Å². The molecule has 0 atom stereocenters. The van der Waals surface area contributed by atoms with Crippen LogP contribution in [-0.4, -0.2) is 13.1 Å². The van der Waals surface area contributed by atoms with Crippen molar-refractivity contribution in [2.24, 2.45) is 0 Å². The van der Waals surface area contributed by atoms with Crippen LogP contribution in [0.2, 0.25) is 5.02 Å². The standard InChI is InChI=1S/C17H10ClFO4/c1-22-17(21)9-2-4-12-13(8-16(20)23-15(12)6-9)11-5-3-10(19)7-14(11)18/h2-8H,1H3. The van der Waals surface area contributed by atoms with Crippen molar-refractivity contribution >= 4 is 28.5 Å². The number of rotatable bonds is 2. The summed E-state index contributed by atoms with van der Waals surface area (Å²) in [5.74, 6) is -1.02. The molecule has 0 spiro atoms. The van der Waals surface area contributed by atoms with Crippen LogP contribution in [-0.2, 0) is 4.74 Å². The normalized spacial score (nSPS) is 10.7. The van der Waals surface area contributed by atoms with Gasteiger partial charge < -0.3 is 9.15 Å². The summed E-state index contributed by atoms with van der Waals surface area (Å²) in [6, 6.07) is 9.78. The highest BCUT2D eigenvalue weighted by molar-refractivity contribution is 6.33. The van der Waals surface area contributed by atoms with Crippen molar-refractivity contribution in [1.29, 1.82) is 0 Å². The number of carbonyl (C=O) groups is 1. The Balaban J connectivity index is 2.29. The first-order chi connectivity index (χ1) is 11.0. The maximum Gasteiger partial charge on any atom is 0.337 e. The third-order valence-corrected chi connectivity index (χ3v) is 3.70. The highest BCUT2D eigenvalue weighted by Gasteiger charge is 2.14. The van der Waals surface area contributed by atoms with Crippen molar-refractivity contribution in [3.63, 3.8) is 0 Å². The Labute approximate surface area is 135 Å². The Morgan fingerprint density at radius 1 is 1.13 bits per heavy atom. The third-order valence-electron chi connectivity index (χ3n) is 3.39. The Morgan fingerprint density at radius 2 is 1.91 bits per heavy atom. The van der Waals surface area contributed by atoms with E-state index < -0.39 is 17.4 Å². The van der Waals surface area contributed by atoms with Gasteiger partial charge in [-0.25, -0.2) is 14.0 Å². The van der Waals surface area contributed by atoms with Gasteiger partial charge in [0.25, 0.3) is 0 Å². The van der Waals surface area contributed by atoms with Gasteiger partial charge in [-0.1, -0.05) is 11.6 Å². The first kappa shape index (κ1) is 15.2. The van der Waals surface area contributed by atoms with E-state index in [9.17, 15) is 14.0 Å². The van der Waals surface area contributed by atoms with E-state index in [1.54, 1.807) is 12.1 Å². The second-order valence-electron chi connectivity index (χ2n) is 4.81. The zero-order valence-electron chi connectivity index (χ0n) is 11.9. The SMILES string of the molecule is COC(=O)c1ccc2c(-c3ccc(F)cc3Cl)cc(=O)oc2c1. The van der Waals surface area contributed by atoms with Gasteiger partial charge in [0.2, 0.25) is 0 Å². The van der Waals surface area contributed by atoms with Crippen molar-refractivity contribution in [2.45, 2.75) is 0 Å². The smallest absolute Gasteiger partial charge is 0.337 e. The summed E-state index contributed by atoms with van der Waals surface area (Å²) in [4.78, 5) is 23.4. The van der Waals surface area contributed by atoms with Crippen LogP contribution in [0.1, 0.15) is 10.4 Å². The molecule has 4 nitrogen and oxygen atoms in total. The first-order valence-electron chi connectivity index (χ1n) is 6.61. The summed E-state index contributed by atoms with van der Waals surface area (Å²) in [5.41, 5.74) is 0.866. The van der Waals surface area contributed by atoms with Gasteiger partial charge >= 0.3 is 11.6 Å². The molecule has 0 aliphatic heterocycles. The van der Waals surface area contributed by atoms with Gasteiger partial charge in [-0.2, -0.15) is 0 Å². The van der Waals surface area contributed by atoms with Crippen molar-refractivity contribution in [3.8, 4) is 11.1 Å². The Morgan fingerprint density at radius 3 is 2.61 bits per heavy atom. The number of carbonyl (C=O) groups excluding carboxylic acids is 1. The quantitative estimate of drug-likeness (QED) is 0.525. The number of halogens is 2. The minimum absolute atomic E-state index is 0.175. The summed E-state index contributed by atoms with van der Waals surface area (Å²) in [6.07, 6.45) is 0. The summed E-state index contributed by atoms with van der Waals surface area (Å²) in [7, 11) is 1.26. The van der Waals surface area contributed by atoms with E-state index in [0.717, 1.165) is 0 Å². The lowest BCUT2D eigenvalue weighted by Gasteiger charge is -2.08. The molecule has 116 valence electrons. The summed E-state index contributed by atoms with van der Waals surface area (Å²) >= 11 is 6.07. The van der Waals surface area contributed by atoms with Crippen LogP contribution in [0.4, 0.5) is 4.39 Å². The number of methoxy groups -OCH3 is 1. The average molecular weight is 333 g/mol. The summed E-state index contributed by atoms with van der Waals surface area (Å²) in [6.45, 7) is 0. The molecule has 23 heavy (non-hydrogen) atoms. The van der Waals surface area contributed by atoms with Crippen molar-refractivity contribution < 1.29 is 18.3 Å². The van der Waals surface area contributed by atoms with Gasteiger partial charge in [-0.3, -0.25) is 0 Å². The number of hydrogen-bond donors (Lipinski definition) is 0. The fourth-order valence-corrected chi connectivity index (χ4v) is 2.61. The molecule has 3 rings (SSSR count). The van der Waals surface area contributed by atoms with Crippen LogP contribution >= 0.6 is 11.6 Å². The number of ether oxygens (including phenoxy) is 1. The Hall–Kier alpha value is -2.66. The predicted molar refractivity (Wildman–Crippen MR) is 84.2 cm³/mol. The van der Waals surface area contributed by atoms with Gasteiger partial charge in [-0.15, -0.1) is 0 Å². The third kappa shape index (κ3) is 2.83. The molecular formula is C17H10ClFO4. The van der Waals surface area contributed by atoms with E-state index in [1.165, 1.54) is 37.4 Å². The van der Waals surface area contributed by atoms with E-state index in [2.05, 4.69) is 4.74 Å². The number of esters is 1. The van der Waals surface area contributed by atoms with Crippen molar-refractivity contribution in [3.05, 3.63) is 69.3 Å². The molecular weight excluding hydrogens is 323 g/mol. The second-order valence-corrected chi connectivity index (χ2v) is 5.21. The molecule has 0 unspecified atom stereocenters. The Kier molecular flexibility index (Phi) is 3.88. The molecule has 0 fully saturated rings. The minimum atomic E-state index is -0.602. The zero-order chi connectivity index (χ0) is 16.6. The van der Waals surface area contributed by atoms with Gasteiger partial charge in [-0.05, 0) is 36.4 Å². The fraction of sp³-hybridized carbons (Fsp3) is 0.0588. The summed E-state index contributed by atoms with van der Waals surface area (Å²) in [5, 5.41) is 0.750. The number of benzene rings is 2. The van der Waals surface area contributed by atoms with Crippen molar-refractivity contribution in [2.75, 3.05) is 7.11 Å². The molecule has 0 aliphatic rings. The molecule has 1 aromatic heterocycles. The second kappa shape index (κ2) is 5.85. The molecule has 6 heteroatoms. The fourth-order valence-electron chi connectivity index (χ4n) is 2.34. The van der Waals surface area contributed by atoms with E-state index >= 15 is 0 Å². The zero-order valence-corrected chi connectivity index (χ0v) is 12.7. The predicted octanol–water partition coefficient (Wildman–Crippen LogP) is 4.04. The lowest BCUT2D eigenvalue weighted by molar-refractivity contribution is 0.0600. The molecule has 1 heterocycles. The maximum absolute atomic E-state index is 13.2. The van der Waals surface area contributed by atoms with Crippen LogP contribution < -0.4 is 5.63 Å². The molecule has 0 radical (unpaired) electrons. The van der Waals surface area contributed by atoms with E-state index in [0.29, 0.717) is 16.5 Å². The van der Waals surface area contributed by atoms with Gasteiger partial charge in [0.05, 0.1) is 17.7 Å². The van der Waals surface area contributed by atoms with Gasteiger partial charge in [0.1, 0.15) is 11.4 Å². The lowest BCUT2D eigenvalue weighted by atomic mass is 10.0. The topological polar surface area (TPSA) is 56.5 Å². The van der Waals surface area contributed by atoms with Crippen LogP contribution in [0.15, 0.2) is 51.7 Å². The largest absolute Gasteiger partial charge is 0.465 e. The number of hydrogen-bond acceptors (Lipinski definition) is 4. The average Bonchev–Trinajstić information content (AvgIpc) is 2.52. The molecule has 0 amide bonds. The minimum Gasteiger partial charge on any atom is -0.465 e. The lowest BCUT2D eigenvalue weighted by Crippen LogP contribution is -2.03. The van der Waals surface area contributed by atoms with Gasteiger partial charge in [0, 0.05) is 22.6 Å². The van der Waals surface area contributed by atoms with Crippen LogP contribution in [0.5, 0.6) is 0 Å². The van der Waals surface area contributed by atoms with Crippen LogP contribution in [0, 0.1) is 5.82 Å². The summed E-state index contributed by atoms with van der Waals surface area (Å²) < 4.78 is 23.0. The molecule has 3 aromatic rings. The maximum atomic E-state index is 13.2. The molecule has 0 saturated heterocycles. The Bertz CT molecular complexity index is 978. The molecule has 0 N–H and O–H groups in total. The molecule has 0 saturated carbocycles. The van der Waals surface area contributed by atoms with Crippen molar-refractivity contribution in [1.82, 2.24) is 0 Å². The van der Waals surface area contributed by atoms with E-state index in [-0.39, 0.29) is 16.2 Å². The molecule has 2 aromatic carbocycles. The molecule has 0 bridgehead atoms. The van der Waals surface area contributed by atoms with Crippen LogP contribution in [0.25, 0.3) is 22.1 Å². The monoisotopic (exact) mass is 332 g/mol. The first-order valence-corrected chi connectivity index (χ1v) is 6.99.